The molecule has 138 valence electrons. The fourth-order valence-corrected chi connectivity index (χ4v) is 3.32. The molecule has 0 spiro atoms. The molecule has 1 unspecified atom stereocenters. The van der Waals surface area contributed by atoms with Crippen molar-refractivity contribution in [2.24, 2.45) is 10.7 Å². The number of benzene rings is 2. The fourth-order valence-electron chi connectivity index (χ4n) is 3.32. The van der Waals surface area contributed by atoms with Crippen LogP contribution in [0.2, 0.25) is 0 Å². The van der Waals surface area contributed by atoms with E-state index in [1.165, 1.54) is 12.3 Å². The lowest BCUT2D eigenvalue weighted by Gasteiger charge is -2.34. The number of hydrogen-bond donors (Lipinski definition) is 1. The summed E-state index contributed by atoms with van der Waals surface area (Å²) in [6.07, 6.45) is 1.51. The number of nitro benzene ring substituents is 1. The average Bonchev–Trinajstić information content (AvgIpc) is 2.68. The molecule has 7 heteroatoms. The number of nitrogens with zero attached hydrogens (tertiary/aromatic N) is 3. The van der Waals surface area contributed by atoms with Gasteiger partial charge in [0.15, 0.2) is 0 Å². The van der Waals surface area contributed by atoms with Gasteiger partial charge >= 0.3 is 0 Å². The van der Waals surface area contributed by atoms with Crippen LogP contribution in [0.5, 0.6) is 0 Å². The summed E-state index contributed by atoms with van der Waals surface area (Å²) >= 11 is 0. The van der Waals surface area contributed by atoms with E-state index >= 15 is 0 Å². The van der Waals surface area contributed by atoms with Gasteiger partial charge in [-0.15, -0.1) is 0 Å². The highest BCUT2D eigenvalue weighted by molar-refractivity contribution is 6.12. The Bertz CT molecular complexity index is 922. The maximum atomic E-state index is 12.8. The number of nitro groups is 1. The Morgan fingerprint density at radius 2 is 1.89 bits per heavy atom. The maximum Gasteiger partial charge on any atom is 0.273 e. The van der Waals surface area contributed by atoms with E-state index in [0.29, 0.717) is 29.2 Å². The molecule has 1 fully saturated rings. The molecule has 0 aliphatic carbocycles. The summed E-state index contributed by atoms with van der Waals surface area (Å²) in [5.41, 5.74) is 7.63. The third-order valence-corrected chi connectivity index (χ3v) is 4.56. The first kappa shape index (κ1) is 18.3. The summed E-state index contributed by atoms with van der Waals surface area (Å²) in [6.45, 7) is 2.29. The number of hydrogen-bond acceptors (Lipinski definition) is 5. The van der Waals surface area contributed by atoms with E-state index in [9.17, 15) is 14.9 Å². The molecule has 1 atom stereocenters. The van der Waals surface area contributed by atoms with Crippen molar-refractivity contribution in [3.8, 4) is 0 Å². The van der Waals surface area contributed by atoms with Crippen LogP contribution >= 0.6 is 0 Å². The van der Waals surface area contributed by atoms with Gasteiger partial charge in [0.05, 0.1) is 10.6 Å². The highest BCUT2D eigenvalue weighted by Crippen LogP contribution is 2.39. The third-order valence-electron chi connectivity index (χ3n) is 4.56. The van der Waals surface area contributed by atoms with Gasteiger partial charge in [-0.1, -0.05) is 36.4 Å². The van der Waals surface area contributed by atoms with Gasteiger partial charge in [0.2, 0.25) is 5.91 Å². The zero-order valence-electron chi connectivity index (χ0n) is 14.9. The number of amides is 1. The number of amidine groups is 1. The summed E-state index contributed by atoms with van der Waals surface area (Å²) in [5, 5.41) is 11.5. The van der Waals surface area contributed by atoms with Crippen LogP contribution < -0.4 is 5.73 Å². The van der Waals surface area contributed by atoms with Crippen LogP contribution in [0.4, 0.5) is 11.4 Å². The number of piperidine rings is 1. The molecule has 0 aromatic heterocycles. The fraction of sp³-hybridized carbons (Fsp3) is 0.200. The van der Waals surface area contributed by atoms with Gasteiger partial charge in [0.1, 0.15) is 5.84 Å². The Labute approximate surface area is 157 Å². The van der Waals surface area contributed by atoms with Gasteiger partial charge < -0.3 is 5.73 Å². The predicted molar refractivity (Wildman–Crippen MR) is 104 cm³/mol. The van der Waals surface area contributed by atoms with Crippen LogP contribution in [-0.4, -0.2) is 28.1 Å². The summed E-state index contributed by atoms with van der Waals surface area (Å²) in [5.74, 6) is -0.221. The number of carbonyl (C=O) groups excluding carboxylic acids is 1. The maximum absolute atomic E-state index is 12.8. The first-order valence-corrected chi connectivity index (χ1v) is 8.66. The molecule has 2 aromatic carbocycles. The molecule has 1 aliphatic heterocycles. The number of rotatable bonds is 4. The molecule has 1 saturated heterocycles. The number of carbonyl (C=O) groups is 1. The highest BCUT2D eigenvalue weighted by atomic mass is 16.6. The molecule has 0 radical (unpaired) electrons. The van der Waals surface area contributed by atoms with Crippen molar-refractivity contribution in [2.75, 3.05) is 6.54 Å². The number of likely N-dealkylation sites (N-methyl/N-ethyl adjacent to an activating group) is 1. The molecule has 2 N–H and O–H groups in total. The molecule has 1 aliphatic rings. The lowest BCUT2D eigenvalue weighted by molar-refractivity contribution is -0.385. The molecule has 2 aromatic rings. The minimum Gasteiger partial charge on any atom is -0.404 e. The molecule has 3 rings (SSSR count). The Morgan fingerprint density at radius 3 is 2.52 bits per heavy atom. The second-order valence-corrected chi connectivity index (χ2v) is 6.10. The Morgan fingerprint density at radius 1 is 1.22 bits per heavy atom. The monoisotopic (exact) mass is 364 g/mol. The van der Waals surface area contributed by atoms with Crippen molar-refractivity contribution in [1.82, 2.24) is 4.90 Å². The molecule has 1 heterocycles. The van der Waals surface area contributed by atoms with Crippen molar-refractivity contribution in [3.05, 3.63) is 82.0 Å². The van der Waals surface area contributed by atoms with Gasteiger partial charge in [-0.2, -0.15) is 0 Å². The molecule has 7 nitrogen and oxygen atoms in total. The van der Waals surface area contributed by atoms with E-state index in [0.717, 1.165) is 0 Å². The summed E-state index contributed by atoms with van der Waals surface area (Å²) < 4.78 is 0. The Kier molecular flexibility index (Phi) is 5.30. The minimum absolute atomic E-state index is 0.0290. The van der Waals surface area contributed by atoms with Gasteiger partial charge in [-0.25, -0.2) is 4.99 Å². The number of aliphatic imine (C=N–C) groups is 1. The van der Waals surface area contributed by atoms with Crippen molar-refractivity contribution in [1.29, 1.82) is 0 Å². The van der Waals surface area contributed by atoms with E-state index in [1.54, 1.807) is 23.1 Å². The van der Waals surface area contributed by atoms with Gasteiger partial charge in [0, 0.05) is 42.3 Å². The first-order chi connectivity index (χ1) is 13.1. The third kappa shape index (κ3) is 3.57. The van der Waals surface area contributed by atoms with Crippen molar-refractivity contribution >= 4 is 23.1 Å². The van der Waals surface area contributed by atoms with Crippen LogP contribution in [0.25, 0.3) is 0 Å². The first-order valence-electron chi connectivity index (χ1n) is 8.66. The van der Waals surface area contributed by atoms with E-state index < -0.39 is 10.8 Å². The predicted octanol–water partition coefficient (Wildman–Crippen LogP) is 3.50. The van der Waals surface area contributed by atoms with Crippen LogP contribution in [0.3, 0.4) is 0 Å². The summed E-state index contributed by atoms with van der Waals surface area (Å²) in [4.78, 5) is 30.0. The number of likely N-dealkylation sites (tertiary alicyclic amines) is 1. The van der Waals surface area contributed by atoms with Gasteiger partial charge in [0.25, 0.3) is 5.69 Å². The largest absolute Gasteiger partial charge is 0.404 e. The second kappa shape index (κ2) is 7.82. The Balaban J connectivity index is 2.15. The SMILES string of the molecule is CCN1C(=O)CC(c2ccccc2[N+](=O)[O-])/C(=C/N)C1=Nc1ccccc1. The van der Waals surface area contributed by atoms with Crippen LogP contribution in [0.1, 0.15) is 24.8 Å². The molecule has 1 amide bonds. The average molecular weight is 364 g/mol. The van der Waals surface area contributed by atoms with Crippen molar-refractivity contribution < 1.29 is 9.72 Å². The zero-order valence-corrected chi connectivity index (χ0v) is 14.9. The standard InChI is InChI=1S/C20H20N4O3/c1-2-23-19(25)12-16(15-10-6-7-11-18(15)24(26)27)17(13-21)20(23)22-14-8-4-3-5-9-14/h3-11,13,16H,2,12,21H2,1H3/b17-13-,22-20?. The second-order valence-electron chi connectivity index (χ2n) is 6.10. The molecular weight excluding hydrogens is 344 g/mol. The Hall–Kier alpha value is -3.48. The van der Waals surface area contributed by atoms with Crippen LogP contribution in [-0.2, 0) is 4.79 Å². The minimum atomic E-state index is -0.519. The van der Waals surface area contributed by atoms with E-state index in [2.05, 4.69) is 4.99 Å². The molecule has 0 bridgehead atoms. The quantitative estimate of drug-likeness (QED) is 0.662. The summed E-state index contributed by atoms with van der Waals surface area (Å²) in [7, 11) is 0. The number of para-hydroxylation sites is 2. The zero-order chi connectivity index (χ0) is 19.4. The van der Waals surface area contributed by atoms with Crippen molar-refractivity contribution in [2.45, 2.75) is 19.3 Å². The number of nitrogens with two attached hydrogens (primary N) is 1. The highest BCUT2D eigenvalue weighted by Gasteiger charge is 2.38. The smallest absolute Gasteiger partial charge is 0.273 e. The van der Waals surface area contributed by atoms with E-state index in [1.807, 2.05) is 37.3 Å². The van der Waals surface area contributed by atoms with Gasteiger partial charge in [-0.05, 0) is 19.1 Å². The van der Waals surface area contributed by atoms with Gasteiger partial charge in [-0.3, -0.25) is 19.8 Å². The van der Waals surface area contributed by atoms with E-state index in [-0.39, 0.29) is 18.0 Å². The van der Waals surface area contributed by atoms with Crippen molar-refractivity contribution in [3.63, 3.8) is 0 Å². The van der Waals surface area contributed by atoms with Crippen LogP contribution in [0, 0.1) is 10.1 Å². The summed E-state index contributed by atoms with van der Waals surface area (Å²) in [6, 6.07) is 15.7. The molecular formula is C20H20N4O3. The van der Waals surface area contributed by atoms with E-state index in [4.69, 9.17) is 5.73 Å². The van der Waals surface area contributed by atoms with Crippen LogP contribution in [0.15, 0.2) is 71.4 Å². The lowest BCUT2D eigenvalue weighted by Crippen LogP contribution is -2.44. The molecule has 27 heavy (non-hydrogen) atoms. The topological polar surface area (TPSA) is 102 Å². The normalized spacial score (nSPS) is 20.3. The molecule has 0 saturated carbocycles. The lowest BCUT2D eigenvalue weighted by atomic mass is 9.83.